The zero-order valence-corrected chi connectivity index (χ0v) is 13.9. The van der Waals surface area contributed by atoms with Crippen LogP contribution in [0.25, 0.3) is 0 Å². The van der Waals surface area contributed by atoms with Gasteiger partial charge in [0.15, 0.2) is 0 Å². The van der Waals surface area contributed by atoms with Crippen molar-refractivity contribution in [3.8, 4) is 0 Å². The van der Waals surface area contributed by atoms with Gasteiger partial charge in [-0.15, -0.1) is 0 Å². The van der Waals surface area contributed by atoms with Gasteiger partial charge in [0.25, 0.3) is 0 Å². The van der Waals surface area contributed by atoms with Crippen molar-refractivity contribution in [2.45, 2.75) is 39.9 Å². The van der Waals surface area contributed by atoms with E-state index in [1.807, 2.05) is 23.7 Å². The number of hydrogen-bond donors (Lipinski definition) is 1. The van der Waals surface area contributed by atoms with E-state index >= 15 is 0 Å². The topological polar surface area (TPSA) is 41.3 Å². The lowest BCUT2D eigenvalue weighted by Gasteiger charge is -2.29. The average Bonchev–Trinajstić information content (AvgIpc) is 2.76. The zero-order chi connectivity index (χ0) is 15.7. The third kappa shape index (κ3) is 2.91. The molecule has 0 amide bonds. The number of aryl methyl sites for hydroxylation is 1. The maximum atomic E-state index is 9.12. The molecule has 1 aliphatic heterocycles. The first-order valence-corrected chi connectivity index (χ1v) is 8.10. The summed E-state index contributed by atoms with van der Waals surface area (Å²) in [5.74, 6) is 0. The molecule has 1 aromatic heterocycles. The van der Waals surface area contributed by atoms with Crippen LogP contribution in [0.3, 0.4) is 0 Å². The van der Waals surface area contributed by atoms with Crippen LogP contribution in [0.4, 0.5) is 0 Å². The predicted octanol–water partition coefficient (Wildman–Crippen LogP) is 2.70. The van der Waals surface area contributed by atoms with Crippen molar-refractivity contribution in [2.24, 2.45) is 0 Å². The third-order valence-corrected chi connectivity index (χ3v) is 4.87. The normalized spacial score (nSPS) is 15.1. The summed E-state index contributed by atoms with van der Waals surface area (Å²) in [6.45, 7) is 7.66. The smallest absolute Gasteiger partial charge is 0.0644 e. The van der Waals surface area contributed by atoms with Gasteiger partial charge < -0.3 is 5.11 Å². The molecule has 0 saturated carbocycles. The van der Waals surface area contributed by atoms with Crippen molar-refractivity contribution >= 4 is 11.6 Å². The first kappa shape index (κ1) is 15.5. The molecule has 5 heteroatoms. The Morgan fingerprint density at radius 2 is 2.14 bits per heavy atom. The average molecular weight is 320 g/mol. The lowest BCUT2D eigenvalue weighted by molar-refractivity contribution is 0.244. The van der Waals surface area contributed by atoms with Crippen LogP contribution in [-0.2, 0) is 26.1 Å². The molecule has 2 heterocycles. The van der Waals surface area contributed by atoms with Crippen molar-refractivity contribution in [1.29, 1.82) is 0 Å². The molecule has 0 fully saturated rings. The molecule has 1 aromatic carbocycles. The number of aliphatic hydroxyl groups excluding tert-OH is 1. The summed E-state index contributed by atoms with van der Waals surface area (Å²) in [5, 5.41) is 14.5. The highest BCUT2D eigenvalue weighted by Crippen LogP contribution is 2.27. The van der Waals surface area contributed by atoms with Crippen molar-refractivity contribution in [3.05, 3.63) is 51.3 Å². The van der Waals surface area contributed by atoms with E-state index in [0.29, 0.717) is 6.54 Å². The van der Waals surface area contributed by atoms with E-state index in [1.54, 1.807) is 0 Å². The third-order valence-electron chi connectivity index (χ3n) is 4.51. The molecule has 0 radical (unpaired) electrons. The molecule has 0 spiro atoms. The van der Waals surface area contributed by atoms with Gasteiger partial charge in [0, 0.05) is 35.9 Å². The summed E-state index contributed by atoms with van der Waals surface area (Å²) in [6.07, 6.45) is 0.998. The lowest BCUT2D eigenvalue weighted by Crippen LogP contribution is -2.30. The van der Waals surface area contributed by atoms with E-state index in [2.05, 4.69) is 23.0 Å². The minimum atomic E-state index is 0.122. The monoisotopic (exact) mass is 319 g/mol. The number of halogens is 1. The molecule has 0 saturated heterocycles. The van der Waals surface area contributed by atoms with E-state index in [4.69, 9.17) is 16.7 Å². The van der Waals surface area contributed by atoms with Crippen LogP contribution in [0.5, 0.6) is 0 Å². The fraction of sp³-hybridized carbons (Fsp3) is 0.471. The molecule has 2 aromatic rings. The van der Waals surface area contributed by atoms with Gasteiger partial charge in [0.05, 0.1) is 18.8 Å². The highest BCUT2D eigenvalue weighted by atomic mass is 35.5. The Hall–Kier alpha value is -1.36. The fourth-order valence-corrected chi connectivity index (χ4v) is 3.54. The maximum Gasteiger partial charge on any atom is 0.0644 e. The summed E-state index contributed by atoms with van der Waals surface area (Å²) in [6, 6.07) is 6.17. The van der Waals surface area contributed by atoms with Crippen molar-refractivity contribution in [3.63, 3.8) is 0 Å². The number of nitrogens with zero attached hydrogens (tertiary/aromatic N) is 3. The van der Waals surface area contributed by atoms with Crippen LogP contribution in [0, 0.1) is 13.8 Å². The van der Waals surface area contributed by atoms with Crippen LogP contribution in [0.15, 0.2) is 18.2 Å². The number of hydrogen-bond acceptors (Lipinski definition) is 3. The second kappa shape index (κ2) is 6.41. The summed E-state index contributed by atoms with van der Waals surface area (Å²) in [5.41, 5.74) is 6.12. The summed E-state index contributed by atoms with van der Waals surface area (Å²) >= 11 is 6.28. The van der Waals surface area contributed by atoms with Gasteiger partial charge in [-0.3, -0.25) is 9.58 Å². The van der Waals surface area contributed by atoms with E-state index < -0.39 is 0 Å². The molecule has 0 unspecified atom stereocenters. The molecule has 22 heavy (non-hydrogen) atoms. The molecule has 3 rings (SSSR count). The van der Waals surface area contributed by atoms with Crippen LogP contribution in [-0.4, -0.2) is 32.9 Å². The second-order valence-corrected chi connectivity index (χ2v) is 6.34. The minimum Gasteiger partial charge on any atom is -0.394 e. The highest BCUT2D eigenvalue weighted by Gasteiger charge is 2.21. The fourth-order valence-electron chi connectivity index (χ4n) is 3.26. The van der Waals surface area contributed by atoms with Gasteiger partial charge in [0.2, 0.25) is 0 Å². The highest BCUT2D eigenvalue weighted by molar-refractivity contribution is 6.31. The Bertz CT molecular complexity index is 681. The number of rotatable bonds is 4. The first-order chi connectivity index (χ1) is 10.6. The standard InChI is InChI=1S/C17H22ClN3O/c1-12-16(13(2)21(19-12)8-9-22)11-20-7-6-15-14(10-20)4-3-5-17(15)18/h3-5,22H,6-11H2,1-2H3. The van der Waals surface area contributed by atoms with Crippen LogP contribution < -0.4 is 0 Å². The van der Waals surface area contributed by atoms with Crippen molar-refractivity contribution < 1.29 is 5.11 Å². The van der Waals surface area contributed by atoms with Crippen LogP contribution in [0.2, 0.25) is 5.02 Å². The van der Waals surface area contributed by atoms with Gasteiger partial charge in [0.1, 0.15) is 0 Å². The lowest BCUT2D eigenvalue weighted by atomic mass is 9.99. The predicted molar refractivity (Wildman–Crippen MR) is 88.1 cm³/mol. The molecule has 0 atom stereocenters. The summed E-state index contributed by atoms with van der Waals surface area (Å²) < 4.78 is 1.90. The Morgan fingerprint density at radius 1 is 1.32 bits per heavy atom. The quantitative estimate of drug-likeness (QED) is 0.942. The largest absolute Gasteiger partial charge is 0.394 e. The molecule has 118 valence electrons. The van der Waals surface area contributed by atoms with Gasteiger partial charge in [-0.1, -0.05) is 23.7 Å². The Kier molecular flexibility index (Phi) is 4.52. The maximum absolute atomic E-state index is 9.12. The number of aromatic nitrogens is 2. The second-order valence-electron chi connectivity index (χ2n) is 5.93. The van der Waals surface area contributed by atoms with Gasteiger partial charge in [-0.25, -0.2) is 0 Å². The van der Waals surface area contributed by atoms with Gasteiger partial charge >= 0.3 is 0 Å². The molecular weight excluding hydrogens is 298 g/mol. The Balaban J connectivity index is 1.78. The minimum absolute atomic E-state index is 0.122. The summed E-state index contributed by atoms with van der Waals surface area (Å²) in [4.78, 5) is 2.44. The molecule has 0 bridgehead atoms. The van der Waals surface area contributed by atoms with E-state index in [-0.39, 0.29) is 6.61 Å². The van der Waals surface area contributed by atoms with E-state index in [9.17, 15) is 0 Å². The molecule has 4 nitrogen and oxygen atoms in total. The van der Waals surface area contributed by atoms with E-state index in [1.165, 1.54) is 16.7 Å². The van der Waals surface area contributed by atoms with Crippen LogP contribution >= 0.6 is 11.6 Å². The number of benzene rings is 1. The Labute approximate surface area is 136 Å². The SMILES string of the molecule is Cc1nn(CCO)c(C)c1CN1CCc2c(Cl)cccc2C1. The number of aliphatic hydroxyl groups is 1. The summed E-state index contributed by atoms with van der Waals surface area (Å²) in [7, 11) is 0. The molecule has 1 N–H and O–H groups in total. The molecule has 1 aliphatic rings. The van der Waals surface area contributed by atoms with Crippen LogP contribution in [0.1, 0.15) is 28.1 Å². The van der Waals surface area contributed by atoms with Crippen molar-refractivity contribution in [2.75, 3.05) is 13.2 Å². The number of fused-ring (bicyclic) bond motifs is 1. The van der Waals surface area contributed by atoms with Crippen molar-refractivity contribution in [1.82, 2.24) is 14.7 Å². The molecule has 0 aliphatic carbocycles. The Morgan fingerprint density at radius 3 is 2.91 bits per heavy atom. The van der Waals surface area contributed by atoms with Gasteiger partial charge in [-0.05, 0) is 37.5 Å². The zero-order valence-electron chi connectivity index (χ0n) is 13.1. The van der Waals surface area contributed by atoms with Gasteiger partial charge in [-0.2, -0.15) is 5.10 Å². The van der Waals surface area contributed by atoms with E-state index in [0.717, 1.165) is 42.5 Å². The first-order valence-electron chi connectivity index (χ1n) is 7.72. The molecular formula is C17H22ClN3O.